The molecular formula is C26H42O4. The summed E-state index contributed by atoms with van der Waals surface area (Å²) in [5, 5.41) is 21.1. The predicted molar refractivity (Wildman–Crippen MR) is 115 cm³/mol. The molecule has 6 rings (SSSR count). The molecule has 1 spiro atoms. The molecule has 0 unspecified atom stereocenters. The van der Waals surface area contributed by atoms with Crippen molar-refractivity contribution < 1.29 is 19.7 Å². The van der Waals surface area contributed by atoms with Gasteiger partial charge in [-0.05, 0) is 104 Å². The van der Waals surface area contributed by atoms with Gasteiger partial charge in [0, 0.05) is 6.42 Å². The van der Waals surface area contributed by atoms with Crippen molar-refractivity contribution in [2.75, 3.05) is 6.61 Å². The van der Waals surface area contributed by atoms with Crippen LogP contribution >= 0.6 is 0 Å². The highest BCUT2D eigenvalue weighted by Gasteiger charge is 2.67. The van der Waals surface area contributed by atoms with Crippen molar-refractivity contribution in [3.05, 3.63) is 0 Å². The molecule has 170 valence electrons. The Morgan fingerprint density at radius 2 is 1.63 bits per heavy atom. The highest BCUT2D eigenvalue weighted by atomic mass is 16.7. The minimum absolute atomic E-state index is 0.0615. The van der Waals surface area contributed by atoms with Gasteiger partial charge in [-0.15, -0.1) is 0 Å². The largest absolute Gasteiger partial charge is 0.393 e. The van der Waals surface area contributed by atoms with Crippen molar-refractivity contribution in [2.45, 2.75) is 109 Å². The summed E-state index contributed by atoms with van der Waals surface area (Å²) in [6, 6.07) is 0. The summed E-state index contributed by atoms with van der Waals surface area (Å²) in [6.45, 7) is 7.99. The van der Waals surface area contributed by atoms with Gasteiger partial charge in [0.2, 0.25) is 0 Å². The standard InChI is InChI=1S/C26H42O4/c1-15-10-23(28)26(29-14-15)13-21-22(30-26)12-20-18-5-4-16-11-17(27)6-8-24(16,2)19(18)7-9-25(20,21)3/h15-23,27-28H,4-14H2,1-3H3/t15-,16+,17+,18-,19+,20+,21+,22+,23-,24+,25+,26+/m1/s1. The van der Waals surface area contributed by atoms with Crippen molar-refractivity contribution in [3.63, 3.8) is 0 Å². The highest BCUT2D eigenvalue weighted by Crippen LogP contribution is 2.70. The van der Waals surface area contributed by atoms with Crippen LogP contribution in [0, 0.1) is 46.3 Å². The molecule has 2 saturated heterocycles. The third kappa shape index (κ3) is 2.66. The first-order valence-electron chi connectivity index (χ1n) is 12.9. The summed E-state index contributed by atoms with van der Waals surface area (Å²) in [5.74, 6) is 3.35. The van der Waals surface area contributed by atoms with Gasteiger partial charge in [0.05, 0.1) is 18.8 Å². The van der Waals surface area contributed by atoms with Crippen molar-refractivity contribution in [3.8, 4) is 0 Å². The molecule has 0 bridgehead atoms. The van der Waals surface area contributed by atoms with Crippen LogP contribution in [-0.4, -0.2) is 40.9 Å². The molecule has 0 aromatic rings. The summed E-state index contributed by atoms with van der Waals surface area (Å²) in [6.07, 6.45) is 11.1. The zero-order valence-corrected chi connectivity index (χ0v) is 19.2. The molecule has 0 aromatic heterocycles. The monoisotopic (exact) mass is 418 g/mol. The van der Waals surface area contributed by atoms with Crippen LogP contribution in [0.4, 0.5) is 0 Å². The summed E-state index contributed by atoms with van der Waals surface area (Å²) in [5.41, 5.74) is 0.765. The molecule has 4 aliphatic carbocycles. The van der Waals surface area contributed by atoms with Crippen LogP contribution in [0.1, 0.15) is 85.0 Å². The van der Waals surface area contributed by atoms with Gasteiger partial charge in [-0.1, -0.05) is 20.8 Å². The number of ether oxygens (including phenoxy) is 2. The summed E-state index contributed by atoms with van der Waals surface area (Å²) in [4.78, 5) is 0. The van der Waals surface area contributed by atoms with Crippen LogP contribution in [-0.2, 0) is 9.47 Å². The Bertz CT molecular complexity index is 697. The maximum atomic E-state index is 10.9. The van der Waals surface area contributed by atoms with E-state index in [4.69, 9.17) is 9.47 Å². The van der Waals surface area contributed by atoms with Gasteiger partial charge in [0.1, 0.15) is 6.10 Å². The van der Waals surface area contributed by atoms with E-state index in [1.54, 1.807) is 0 Å². The van der Waals surface area contributed by atoms with E-state index < -0.39 is 11.9 Å². The number of hydrogen-bond donors (Lipinski definition) is 2. The second-order valence-corrected chi connectivity index (χ2v) is 12.8. The molecule has 4 saturated carbocycles. The smallest absolute Gasteiger partial charge is 0.195 e. The molecule has 0 aromatic carbocycles. The molecule has 4 heteroatoms. The normalized spacial score (nSPS) is 62.5. The highest BCUT2D eigenvalue weighted by molar-refractivity contribution is 5.14. The molecule has 12 atom stereocenters. The van der Waals surface area contributed by atoms with Crippen LogP contribution < -0.4 is 0 Å². The fourth-order valence-electron chi connectivity index (χ4n) is 9.75. The van der Waals surface area contributed by atoms with Crippen LogP contribution in [0.25, 0.3) is 0 Å². The maximum Gasteiger partial charge on any atom is 0.195 e. The van der Waals surface area contributed by atoms with E-state index in [1.165, 1.54) is 38.5 Å². The molecule has 6 fully saturated rings. The lowest BCUT2D eigenvalue weighted by molar-refractivity contribution is -0.301. The molecule has 30 heavy (non-hydrogen) atoms. The van der Waals surface area contributed by atoms with Crippen molar-refractivity contribution in [1.82, 2.24) is 0 Å². The first kappa shape index (κ1) is 20.4. The minimum Gasteiger partial charge on any atom is -0.393 e. The molecule has 2 N–H and O–H groups in total. The Morgan fingerprint density at radius 3 is 2.43 bits per heavy atom. The average molecular weight is 419 g/mol. The van der Waals surface area contributed by atoms with E-state index in [9.17, 15) is 10.2 Å². The Morgan fingerprint density at radius 1 is 0.833 bits per heavy atom. The van der Waals surface area contributed by atoms with Gasteiger partial charge >= 0.3 is 0 Å². The maximum absolute atomic E-state index is 10.9. The van der Waals surface area contributed by atoms with Crippen molar-refractivity contribution in [1.29, 1.82) is 0 Å². The quantitative estimate of drug-likeness (QED) is 0.607. The number of hydrogen-bond acceptors (Lipinski definition) is 4. The summed E-state index contributed by atoms with van der Waals surface area (Å²) < 4.78 is 12.9. The van der Waals surface area contributed by atoms with Crippen LogP contribution in [0.15, 0.2) is 0 Å². The summed E-state index contributed by atoms with van der Waals surface area (Å²) >= 11 is 0. The molecule has 4 nitrogen and oxygen atoms in total. The molecule has 2 aliphatic heterocycles. The van der Waals surface area contributed by atoms with Gasteiger partial charge in [0.25, 0.3) is 0 Å². The topological polar surface area (TPSA) is 58.9 Å². The molecular weight excluding hydrogens is 376 g/mol. The zero-order chi connectivity index (χ0) is 20.9. The fourth-order valence-corrected chi connectivity index (χ4v) is 9.75. The van der Waals surface area contributed by atoms with Gasteiger partial charge in [0.15, 0.2) is 5.79 Å². The van der Waals surface area contributed by atoms with Crippen LogP contribution in [0.5, 0.6) is 0 Å². The molecule has 2 heterocycles. The van der Waals surface area contributed by atoms with Gasteiger partial charge in [-0.3, -0.25) is 0 Å². The van der Waals surface area contributed by atoms with Crippen LogP contribution in [0.2, 0.25) is 0 Å². The number of fused-ring (bicyclic) bond motifs is 7. The number of aliphatic hydroxyl groups is 2. The molecule has 0 radical (unpaired) electrons. The number of rotatable bonds is 0. The first-order valence-corrected chi connectivity index (χ1v) is 12.9. The average Bonchev–Trinajstić information content (AvgIpc) is 3.20. The second-order valence-electron chi connectivity index (χ2n) is 12.8. The fraction of sp³-hybridized carbons (Fsp3) is 1.00. The number of aliphatic hydroxyl groups excluding tert-OH is 2. The summed E-state index contributed by atoms with van der Waals surface area (Å²) in [7, 11) is 0. The second kappa shape index (κ2) is 6.68. The van der Waals surface area contributed by atoms with Crippen molar-refractivity contribution >= 4 is 0 Å². The van der Waals surface area contributed by atoms with Gasteiger partial charge in [-0.2, -0.15) is 0 Å². The van der Waals surface area contributed by atoms with Gasteiger partial charge < -0.3 is 19.7 Å². The Labute approximate surface area is 182 Å². The van der Waals surface area contributed by atoms with E-state index in [1.807, 2.05) is 0 Å². The third-order valence-corrected chi connectivity index (χ3v) is 11.5. The molecule has 6 aliphatic rings. The van der Waals surface area contributed by atoms with E-state index in [0.29, 0.717) is 29.3 Å². The van der Waals surface area contributed by atoms with E-state index in [0.717, 1.165) is 49.4 Å². The first-order chi connectivity index (χ1) is 14.3. The zero-order valence-electron chi connectivity index (χ0n) is 19.2. The molecule has 0 amide bonds. The SMILES string of the molecule is C[C@H]1CO[C@]2(C[C@H]3[C@H](C[C@H]4[C@@H]5CC[C@H]6C[C@@H](O)CC[C@]6(C)[C@H]5CC[C@@]43C)O2)[C@H](O)C1. The lowest BCUT2D eigenvalue weighted by atomic mass is 9.44. The predicted octanol–water partition coefficient (Wildman–Crippen LogP) is 4.52. The Hall–Kier alpha value is -0.160. The lowest BCUT2D eigenvalue weighted by Gasteiger charge is -2.61. The van der Waals surface area contributed by atoms with Crippen LogP contribution in [0.3, 0.4) is 0 Å². The van der Waals surface area contributed by atoms with E-state index in [2.05, 4.69) is 20.8 Å². The minimum atomic E-state index is -0.726. The Kier molecular flexibility index (Phi) is 4.55. The van der Waals surface area contributed by atoms with Gasteiger partial charge in [-0.25, -0.2) is 0 Å². The van der Waals surface area contributed by atoms with E-state index >= 15 is 0 Å². The third-order valence-electron chi connectivity index (χ3n) is 11.5. The Balaban J connectivity index is 1.24. The van der Waals surface area contributed by atoms with Crippen molar-refractivity contribution in [2.24, 2.45) is 46.3 Å². The van der Waals surface area contributed by atoms with E-state index in [-0.39, 0.29) is 12.2 Å². The lowest BCUT2D eigenvalue weighted by Crippen LogP contribution is -2.55.